The molecule has 1 aliphatic heterocycles. The number of esters is 1. The van der Waals surface area contributed by atoms with E-state index in [9.17, 15) is 9.59 Å². The van der Waals surface area contributed by atoms with Crippen molar-refractivity contribution >= 4 is 5.97 Å². The molecule has 6 heteroatoms. The highest BCUT2D eigenvalue weighted by molar-refractivity contribution is 5.88. The third kappa shape index (κ3) is 3.48. The molecular formula is C17H24N2O4. The van der Waals surface area contributed by atoms with Gasteiger partial charge in [0.2, 0.25) is 0 Å². The minimum atomic E-state index is -0.564. The average Bonchev–Trinajstić information content (AvgIpc) is 2.62. The number of aromatic nitrogens is 1. The first-order chi connectivity index (χ1) is 11.2. The van der Waals surface area contributed by atoms with E-state index in [0.717, 1.165) is 52.0 Å². The van der Waals surface area contributed by atoms with Gasteiger partial charge in [0.1, 0.15) is 5.56 Å². The van der Waals surface area contributed by atoms with Crippen LogP contribution in [0.4, 0.5) is 0 Å². The van der Waals surface area contributed by atoms with Gasteiger partial charge < -0.3 is 14.0 Å². The molecule has 0 aromatic carbocycles. The average molecular weight is 320 g/mol. The number of ether oxygens (including phenoxy) is 2. The molecule has 0 N–H and O–H groups in total. The van der Waals surface area contributed by atoms with Crippen LogP contribution in [0.25, 0.3) is 0 Å². The van der Waals surface area contributed by atoms with E-state index in [-0.39, 0.29) is 17.2 Å². The summed E-state index contributed by atoms with van der Waals surface area (Å²) in [7, 11) is 1.30. The van der Waals surface area contributed by atoms with Crippen LogP contribution in [-0.4, -0.2) is 54.9 Å². The van der Waals surface area contributed by atoms with Gasteiger partial charge in [-0.05, 0) is 37.8 Å². The smallest absolute Gasteiger partial charge is 0.343 e. The second-order valence-corrected chi connectivity index (χ2v) is 6.24. The van der Waals surface area contributed by atoms with Gasteiger partial charge in [-0.25, -0.2) is 4.79 Å². The fraction of sp³-hybridized carbons (Fsp3) is 0.647. The van der Waals surface area contributed by atoms with E-state index in [1.807, 2.05) is 0 Å². The Labute approximate surface area is 136 Å². The maximum absolute atomic E-state index is 12.5. The normalized spacial score (nSPS) is 26.0. The summed E-state index contributed by atoms with van der Waals surface area (Å²) >= 11 is 0. The molecule has 0 unspecified atom stereocenters. The summed E-state index contributed by atoms with van der Waals surface area (Å²) in [4.78, 5) is 26.7. The van der Waals surface area contributed by atoms with Gasteiger partial charge in [0, 0.05) is 31.4 Å². The molecule has 1 saturated carbocycles. The van der Waals surface area contributed by atoms with Crippen LogP contribution < -0.4 is 5.56 Å². The number of hydrogen-bond donors (Lipinski definition) is 0. The molecule has 2 heterocycles. The number of hydrogen-bond acceptors (Lipinski definition) is 5. The predicted octanol–water partition coefficient (Wildman–Crippen LogP) is 1.45. The maximum Gasteiger partial charge on any atom is 0.343 e. The molecule has 0 atom stereocenters. The van der Waals surface area contributed by atoms with Crippen LogP contribution in [0.5, 0.6) is 0 Å². The minimum Gasteiger partial charge on any atom is -0.465 e. The van der Waals surface area contributed by atoms with E-state index in [2.05, 4.69) is 9.64 Å². The summed E-state index contributed by atoms with van der Waals surface area (Å²) in [6.45, 7) is 3.65. The summed E-state index contributed by atoms with van der Waals surface area (Å²) in [5, 5.41) is 0. The van der Waals surface area contributed by atoms with Crippen LogP contribution in [0.3, 0.4) is 0 Å². The molecular weight excluding hydrogens is 296 g/mol. The fourth-order valence-corrected chi connectivity index (χ4v) is 3.71. The molecule has 2 aliphatic rings. The third-order valence-corrected chi connectivity index (χ3v) is 5.00. The molecule has 126 valence electrons. The Kier molecular flexibility index (Phi) is 5.13. The van der Waals surface area contributed by atoms with Crippen molar-refractivity contribution < 1.29 is 14.3 Å². The van der Waals surface area contributed by atoms with Crippen molar-refractivity contribution in [2.75, 3.05) is 33.4 Å². The summed E-state index contributed by atoms with van der Waals surface area (Å²) in [5.41, 5.74) is -0.125. The van der Waals surface area contributed by atoms with Crippen molar-refractivity contribution in [1.82, 2.24) is 9.47 Å². The Morgan fingerprint density at radius 1 is 1.17 bits per heavy atom. The Bertz CT molecular complexity index is 599. The molecule has 1 saturated heterocycles. The predicted molar refractivity (Wildman–Crippen MR) is 85.7 cm³/mol. The van der Waals surface area contributed by atoms with Crippen LogP contribution >= 0.6 is 0 Å². The first-order valence-electron chi connectivity index (χ1n) is 8.32. The van der Waals surface area contributed by atoms with Crippen molar-refractivity contribution in [3.8, 4) is 0 Å². The zero-order valence-corrected chi connectivity index (χ0v) is 13.6. The van der Waals surface area contributed by atoms with Crippen molar-refractivity contribution in [1.29, 1.82) is 0 Å². The quantitative estimate of drug-likeness (QED) is 0.789. The van der Waals surface area contributed by atoms with Gasteiger partial charge in [-0.2, -0.15) is 0 Å². The number of carbonyl (C=O) groups is 1. The SMILES string of the molecule is COC(=O)c1cccn(C2CCC(N3CCOCC3)CC2)c1=O. The lowest BCUT2D eigenvalue weighted by molar-refractivity contribution is 0.00534. The second kappa shape index (κ2) is 7.27. The Balaban J connectivity index is 1.68. The maximum atomic E-state index is 12.5. The Morgan fingerprint density at radius 3 is 2.48 bits per heavy atom. The third-order valence-electron chi connectivity index (χ3n) is 5.00. The molecule has 1 aliphatic carbocycles. The van der Waals surface area contributed by atoms with Crippen molar-refractivity contribution in [3.63, 3.8) is 0 Å². The molecule has 23 heavy (non-hydrogen) atoms. The molecule has 0 spiro atoms. The summed E-state index contributed by atoms with van der Waals surface area (Å²) < 4.78 is 11.8. The molecule has 2 fully saturated rings. The van der Waals surface area contributed by atoms with E-state index >= 15 is 0 Å². The Hall–Kier alpha value is -1.66. The monoisotopic (exact) mass is 320 g/mol. The van der Waals surface area contributed by atoms with E-state index in [1.165, 1.54) is 13.2 Å². The lowest BCUT2D eigenvalue weighted by atomic mass is 9.89. The molecule has 3 rings (SSSR count). The zero-order valence-electron chi connectivity index (χ0n) is 13.6. The number of carbonyl (C=O) groups excluding carboxylic acids is 1. The van der Waals surface area contributed by atoms with E-state index in [4.69, 9.17) is 4.74 Å². The number of pyridine rings is 1. The van der Waals surface area contributed by atoms with E-state index in [1.54, 1.807) is 16.8 Å². The highest BCUT2D eigenvalue weighted by atomic mass is 16.5. The zero-order chi connectivity index (χ0) is 16.2. The number of methoxy groups -OCH3 is 1. The number of rotatable bonds is 3. The summed E-state index contributed by atoms with van der Waals surface area (Å²) in [6, 6.07) is 4.05. The first kappa shape index (κ1) is 16.2. The lowest BCUT2D eigenvalue weighted by Gasteiger charge is -2.39. The molecule has 1 aromatic heterocycles. The van der Waals surface area contributed by atoms with Gasteiger partial charge >= 0.3 is 5.97 Å². The molecule has 0 amide bonds. The first-order valence-corrected chi connectivity index (χ1v) is 8.32. The lowest BCUT2D eigenvalue weighted by Crippen LogP contribution is -2.45. The molecule has 0 bridgehead atoms. The summed E-state index contributed by atoms with van der Waals surface area (Å²) in [5.74, 6) is -0.564. The van der Waals surface area contributed by atoms with Gasteiger partial charge in [0.15, 0.2) is 0 Å². The topological polar surface area (TPSA) is 60.8 Å². The van der Waals surface area contributed by atoms with Gasteiger partial charge in [0.05, 0.1) is 20.3 Å². The largest absolute Gasteiger partial charge is 0.465 e. The minimum absolute atomic E-state index is 0.116. The number of nitrogens with zero attached hydrogens (tertiary/aromatic N) is 2. The molecule has 1 aromatic rings. The highest BCUT2D eigenvalue weighted by Crippen LogP contribution is 2.30. The van der Waals surface area contributed by atoms with Crippen LogP contribution in [0.1, 0.15) is 42.1 Å². The van der Waals surface area contributed by atoms with Crippen LogP contribution in [0.2, 0.25) is 0 Å². The summed E-state index contributed by atoms with van der Waals surface area (Å²) in [6.07, 6.45) is 5.88. The van der Waals surface area contributed by atoms with Crippen molar-refractivity contribution in [2.45, 2.75) is 37.8 Å². The van der Waals surface area contributed by atoms with Gasteiger partial charge in [0.25, 0.3) is 5.56 Å². The van der Waals surface area contributed by atoms with E-state index in [0.29, 0.717) is 6.04 Å². The van der Waals surface area contributed by atoms with Gasteiger partial charge in [-0.1, -0.05) is 0 Å². The van der Waals surface area contributed by atoms with Gasteiger partial charge in [-0.3, -0.25) is 9.69 Å². The number of morpholine rings is 1. The fourth-order valence-electron chi connectivity index (χ4n) is 3.71. The van der Waals surface area contributed by atoms with Crippen LogP contribution in [-0.2, 0) is 9.47 Å². The van der Waals surface area contributed by atoms with Crippen molar-refractivity contribution in [2.24, 2.45) is 0 Å². The van der Waals surface area contributed by atoms with E-state index < -0.39 is 5.97 Å². The Morgan fingerprint density at radius 2 is 1.83 bits per heavy atom. The second-order valence-electron chi connectivity index (χ2n) is 6.24. The van der Waals surface area contributed by atoms with Gasteiger partial charge in [-0.15, -0.1) is 0 Å². The molecule has 6 nitrogen and oxygen atoms in total. The van der Waals surface area contributed by atoms with Crippen LogP contribution in [0.15, 0.2) is 23.1 Å². The molecule has 0 radical (unpaired) electrons. The van der Waals surface area contributed by atoms with Crippen molar-refractivity contribution in [3.05, 3.63) is 34.2 Å². The highest BCUT2D eigenvalue weighted by Gasteiger charge is 2.28. The standard InChI is InChI=1S/C17H24N2O4/c1-22-17(21)15-3-2-8-19(16(15)20)14-6-4-13(5-7-14)18-9-11-23-12-10-18/h2-3,8,13-14H,4-7,9-12H2,1H3. The van der Waals surface area contributed by atoms with Crippen LogP contribution in [0, 0.1) is 0 Å².